The molecule has 1 amide bonds. The Morgan fingerprint density at radius 2 is 1.68 bits per heavy atom. The zero-order valence-electron chi connectivity index (χ0n) is 17.2. The number of rotatable bonds is 3. The van der Waals surface area contributed by atoms with E-state index in [1.54, 1.807) is 24.3 Å². The maximum Gasteiger partial charge on any atom is 0.295 e. The van der Waals surface area contributed by atoms with Gasteiger partial charge in [0.2, 0.25) is 5.76 Å². The Bertz CT molecular complexity index is 1370. The van der Waals surface area contributed by atoms with Crippen LogP contribution in [0.15, 0.2) is 75.9 Å². The molecular formula is C26H20FNO3. The van der Waals surface area contributed by atoms with Gasteiger partial charge in [0, 0.05) is 5.69 Å². The summed E-state index contributed by atoms with van der Waals surface area (Å²) in [6, 6.07) is 18.2. The van der Waals surface area contributed by atoms with Crippen LogP contribution in [0.5, 0.6) is 0 Å². The molecule has 3 aromatic carbocycles. The summed E-state index contributed by atoms with van der Waals surface area (Å²) >= 11 is 0. The normalized spacial score (nSPS) is 15.5. The maximum atomic E-state index is 13.6. The topological polar surface area (TPSA) is 50.5 Å². The van der Waals surface area contributed by atoms with E-state index >= 15 is 0 Å². The Kier molecular flexibility index (Phi) is 4.47. The fourth-order valence-corrected chi connectivity index (χ4v) is 4.21. The van der Waals surface area contributed by atoms with Gasteiger partial charge < -0.3 is 4.42 Å². The van der Waals surface area contributed by atoms with Gasteiger partial charge in [0.15, 0.2) is 5.43 Å². The first-order chi connectivity index (χ1) is 15.0. The highest BCUT2D eigenvalue weighted by atomic mass is 19.1. The van der Waals surface area contributed by atoms with Crippen LogP contribution in [0.25, 0.3) is 11.0 Å². The molecule has 1 aliphatic rings. The summed E-state index contributed by atoms with van der Waals surface area (Å²) in [5, 5.41) is 0.447. The average molecular weight is 413 g/mol. The van der Waals surface area contributed by atoms with Crippen molar-refractivity contribution in [1.82, 2.24) is 0 Å². The van der Waals surface area contributed by atoms with E-state index in [-0.39, 0.29) is 11.2 Å². The minimum atomic E-state index is -0.653. The van der Waals surface area contributed by atoms with E-state index in [0.29, 0.717) is 22.2 Å². The molecule has 0 saturated heterocycles. The zero-order chi connectivity index (χ0) is 21.7. The monoisotopic (exact) mass is 413 g/mol. The second-order valence-electron chi connectivity index (χ2n) is 7.82. The van der Waals surface area contributed by atoms with Gasteiger partial charge >= 0.3 is 0 Å². The van der Waals surface area contributed by atoms with Crippen LogP contribution in [0.4, 0.5) is 10.1 Å². The van der Waals surface area contributed by atoms with Crippen molar-refractivity contribution in [3.63, 3.8) is 0 Å². The van der Waals surface area contributed by atoms with Crippen molar-refractivity contribution in [2.75, 3.05) is 4.90 Å². The Morgan fingerprint density at radius 3 is 2.35 bits per heavy atom. The van der Waals surface area contributed by atoms with Gasteiger partial charge in [0.25, 0.3) is 5.91 Å². The first-order valence-corrected chi connectivity index (χ1v) is 10.2. The van der Waals surface area contributed by atoms with Crippen LogP contribution in [-0.4, -0.2) is 5.91 Å². The number of halogens is 1. The second-order valence-corrected chi connectivity index (χ2v) is 7.82. The molecular weight excluding hydrogens is 393 g/mol. The van der Waals surface area contributed by atoms with E-state index in [1.165, 1.54) is 17.0 Å². The third-order valence-corrected chi connectivity index (χ3v) is 5.83. The van der Waals surface area contributed by atoms with Crippen LogP contribution in [0.1, 0.15) is 45.8 Å². The summed E-state index contributed by atoms with van der Waals surface area (Å²) in [5.74, 6) is -0.770. The molecule has 1 atom stereocenters. The third-order valence-electron chi connectivity index (χ3n) is 5.83. The van der Waals surface area contributed by atoms with E-state index in [0.717, 1.165) is 23.1 Å². The highest BCUT2D eigenvalue weighted by Crippen LogP contribution is 2.41. The van der Waals surface area contributed by atoms with Crippen LogP contribution >= 0.6 is 0 Å². The van der Waals surface area contributed by atoms with Crippen LogP contribution in [-0.2, 0) is 6.42 Å². The van der Waals surface area contributed by atoms with Crippen molar-refractivity contribution < 1.29 is 13.6 Å². The molecule has 0 fully saturated rings. The Hall–Kier alpha value is -3.73. The second kappa shape index (κ2) is 7.20. The number of hydrogen-bond acceptors (Lipinski definition) is 3. The summed E-state index contributed by atoms with van der Waals surface area (Å²) < 4.78 is 19.5. The van der Waals surface area contributed by atoms with Gasteiger partial charge in [0.05, 0.1) is 17.0 Å². The highest BCUT2D eigenvalue weighted by molar-refractivity contribution is 6.10. The van der Waals surface area contributed by atoms with Crippen molar-refractivity contribution in [3.05, 3.63) is 111 Å². The molecule has 0 saturated carbocycles. The molecule has 154 valence electrons. The molecule has 1 aromatic heterocycles. The number of nitrogens with zero attached hydrogens (tertiary/aromatic N) is 1. The van der Waals surface area contributed by atoms with Crippen LogP contribution in [0.3, 0.4) is 0 Å². The lowest BCUT2D eigenvalue weighted by atomic mass is 9.96. The molecule has 0 bridgehead atoms. The highest BCUT2D eigenvalue weighted by Gasteiger charge is 2.43. The van der Waals surface area contributed by atoms with Crippen molar-refractivity contribution in [3.8, 4) is 0 Å². The summed E-state index contributed by atoms with van der Waals surface area (Å²) in [7, 11) is 0. The molecule has 1 aliphatic heterocycles. The van der Waals surface area contributed by atoms with E-state index in [4.69, 9.17) is 4.42 Å². The number of fused-ring (bicyclic) bond motifs is 2. The van der Waals surface area contributed by atoms with Crippen LogP contribution in [0.2, 0.25) is 0 Å². The fraction of sp³-hybridized carbons (Fsp3) is 0.154. The predicted octanol–water partition coefficient (Wildman–Crippen LogP) is 5.55. The van der Waals surface area contributed by atoms with E-state index in [9.17, 15) is 14.0 Å². The van der Waals surface area contributed by atoms with E-state index in [1.807, 2.05) is 37.3 Å². The zero-order valence-corrected chi connectivity index (χ0v) is 17.2. The Balaban J connectivity index is 1.79. The SMILES string of the molecule is CCc1ccc([C@@H]2c3c(oc4ccc(C)cc4c3=O)C(=O)N2c2ccc(F)cc2)cc1. The predicted molar refractivity (Wildman–Crippen MR) is 118 cm³/mol. The summed E-state index contributed by atoms with van der Waals surface area (Å²) in [6.45, 7) is 3.97. The van der Waals surface area contributed by atoms with Crippen LogP contribution in [0, 0.1) is 12.7 Å². The van der Waals surface area contributed by atoms with Gasteiger partial charge in [-0.05, 0) is 60.9 Å². The summed E-state index contributed by atoms with van der Waals surface area (Å²) in [5.41, 5.74) is 3.86. The van der Waals surface area contributed by atoms with Gasteiger partial charge in [-0.25, -0.2) is 4.39 Å². The Labute approximate surface area is 178 Å². The first-order valence-electron chi connectivity index (χ1n) is 10.2. The maximum absolute atomic E-state index is 13.6. The van der Waals surface area contributed by atoms with Gasteiger partial charge in [0.1, 0.15) is 11.4 Å². The molecule has 4 nitrogen and oxygen atoms in total. The molecule has 0 N–H and O–H groups in total. The van der Waals surface area contributed by atoms with Crippen molar-refractivity contribution in [2.45, 2.75) is 26.3 Å². The number of amides is 1. The number of anilines is 1. The van der Waals surface area contributed by atoms with Gasteiger partial charge in [-0.3, -0.25) is 14.5 Å². The molecule has 0 aliphatic carbocycles. The van der Waals surface area contributed by atoms with E-state index < -0.39 is 17.8 Å². The largest absolute Gasteiger partial charge is 0.450 e. The number of benzene rings is 3. The van der Waals surface area contributed by atoms with Gasteiger partial charge in [-0.1, -0.05) is 42.8 Å². The summed E-state index contributed by atoms with van der Waals surface area (Å²) in [4.78, 5) is 28.5. The summed E-state index contributed by atoms with van der Waals surface area (Å²) in [6.07, 6.45) is 0.883. The molecule has 4 aromatic rings. The lowest BCUT2D eigenvalue weighted by Gasteiger charge is -2.25. The smallest absolute Gasteiger partial charge is 0.295 e. The standard InChI is InChI=1S/C26H20FNO3/c1-3-16-5-7-17(8-6-16)23-22-24(29)20-14-15(2)4-13-21(20)31-25(22)26(30)28(23)19-11-9-18(27)10-12-19/h4-14,23H,3H2,1-2H3/t23-/m1/s1. The molecule has 5 rings (SSSR count). The van der Waals surface area contributed by atoms with E-state index in [2.05, 4.69) is 6.92 Å². The number of aryl methyl sites for hydroxylation is 2. The van der Waals surface area contributed by atoms with Crippen molar-refractivity contribution in [2.24, 2.45) is 0 Å². The fourth-order valence-electron chi connectivity index (χ4n) is 4.21. The number of hydrogen-bond donors (Lipinski definition) is 0. The average Bonchev–Trinajstić information content (AvgIpc) is 3.07. The minimum absolute atomic E-state index is 0.0373. The van der Waals surface area contributed by atoms with Gasteiger partial charge in [-0.15, -0.1) is 0 Å². The molecule has 31 heavy (non-hydrogen) atoms. The van der Waals surface area contributed by atoms with Crippen molar-refractivity contribution in [1.29, 1.82) is 0 Å². The molecule has 0 unspecified atom stereocenters. The first kappa shape index (κ1) is 19.2. The number of carbonyl (C=O) groups is 1. The number of carbonyl (C=O) groups excluding carboxylic acids is 1. The van der Waals surface area contributed by atoms with Crippen molar-refractivity contribution >= 4 is 22.6 Å². The third kappa shape index (κ3) is 3.05. The molecule has 0 radical (unpaired) electrons. The van der Waals surface area contributed by atoms with Gasteiger partial charge in [-0.2, -0.15) is 0 Å². The van der Waals surface area contributed by atoms with Crippen LogP contribution < -0.4 is 10.3 Å². The molecule has 2 heterocycles. The Morgan fingerprint density at radius 1 is 0.968 bits per heavy atom. The minimum Gasteiger partial charge on any atom is -0.450 e. The lowest BCUT2D eigenvalue weighted by molar-refractivity contribution is 0.0971. The molecule has 5 heteroatoms. The quantitative estimate of drug-likeness (QED) is 0.442. The molecule has 0 spiro atoms. The lowest BCUT2D eigenvalue weighted by Crippen LogP contribution is -2.29.